The molecule has 5 nitrogen and oxygen atoms in total. The number of carbonyl (C=O) groups is 1. The van der Waals surface area contributed by atoms with Crippen LogP contribution in [0.4, 0.5) is 5.69 Å². The summed E-state index contributed by atoms with van der Waals surface area (Å²) in [7, 11) is 4.00. The summed E-state index contributed by atoms with van der Waals surface area (Å²) in [6.07, 6.45) is 0. The molecule has 0 unspecified atom stereocenters. The van der Waals surface area contributed by atoms with Crippen molar-refractivity contribution >= 4 is 11.6 Å². The number of carbonyl (C=O) groups excluding carboxylic acids is 1. The zero-order valence-electron chi connectivity index (χ0n) is 13.1. The van der Waals surface area contributed by atoms with Crippen LogP contribution in [0.15, 0.2) is 36.4 Å². The first kappa shape index (κ1) is 14.7. The van der Waals surface area contributed by atoms with Crippen LogP contribution in [0, 0.1) is 0 Å². The van der Waals surface area contributed by atoms with E-state index in [0.29, 0.717) is 6.54 Å². The first-order chi connectivity index (χ1) is 10.6. The van der Waals surface area contributed by atoms with E-state index < -0.39 is 0 Å². The maximum Gasteiger partial charge on any atom is 0.267 e. The Hall–Kier alpha value is -2.27. The van der Waals surface area contributed by atoms with E-state index in [2.05, 4.69) is 32.2 Å². The summed E-state index contributed by atoms with van der Waals surface area (Å²) in [5.41, 5.74) is 4.21. The molecule has 1 amide bonds. The van der Waals surface area contributed by atoms with Gasteiger partial charge in [-0.15, -0.1) is 0 Å². The van der Waals surface area contributed by atoms with Gasteiger partial charge in [-0.25, -0.2) is 0 Å². The van der Waals surface area contributed by atoms with E-state index in [1.165, 1.54) is 5.56 Å². The summed E-state index contributed by atoms with van der Waals surface area (Å²) in [4.78, 5) is 14.5. The standard InChI is InChI=1S/C17H22N4O/c1-20(2)10-9-18-17(22)16-8-7-14-11-19-15-6-4-3-5-13(15)12-21(14)16/h3-8,19H,9-12H2,1-2H3,(H,18,22). The predicted molar refractivity (Wildman–Crippen MR) is 88.2 cm³/mol. The summed E-state index contributed by atoms with van der Waals surface area (Å²) in [6.45, 7) is 2.95. The molecule has 1 aliphatic heterocycles. The molecule has 0 aliphatic carbocycles. The van der Waals surface area contributed by atoms with Gasteiger partial charge >= 0.3 is 0 Å². The lowest BCUT2D eigenvalue weighted by Gasteiger charge is -2.13. The van der Waals surface area contributed by atoms with Crippen LogP contribution in [0.5, 0.6) is 0 Å². The third kappa shape index (κ3) is 2.99. The van der Waals surface area contributed by atoms with Gasteiger partial charge in [0.15, 0.2) is 0 Å². The molecule has 0 bridgehead atoms. The molecular weight excluding hydrogens is 276 g/mol. The van der Waals surface area contributed by atoms with Crippen LogP contribution in [-0.4, -0.2) is 42.6 Å². The van der Waals surface area contributed by atoms with Crippen LogP contribution >= 0.6 is 0 Å². The fourth-order valence-corrected chi connectivity index (χ4v) is 2.72. The number of rotatable bonds is 4. The number of benzene rings is 1. The Labute approximate surface area is 130 Å². The lowest BCUT2D eigenvalue weighted by atomic mass is 10.2. The van der Waals surface area contributed by atoms with Gasteiger partial charge in [0.2, 0.25) is 0 Å². The Kier molecular flexibility index (Phi) is 4.15. The van der Waals surface area contributed by atoms with E-state index in [0.717, 1.165) is 36.7 Å². The molecule has 3 rings (SSSR count). The lowest BCUT2D eigenvalue weighted by molar-refractivity contribution is 0.0942. The van der Waals surface area contributed by atoms with Crippen LogP contribution < -0.4 is 10.6 Å². The highest BCUT2D eigenvalue weighted by Crippen LogP contribution is 2.23. The van der Waals surface area contributed by atoms with Gasteiger partial charge < -0.3 is 20.1 Å². The number of hydrogen-bond donors (Lipinski definition) is 2. The molecule has 5 heteroatoms. The quantitative estimate of drug-likeness (QED) is 0.904. The predicted octanol–water partition coefficient (Wildman–Crippen LogP) is 1.75. The first-order valence-corrected chi connectivity index (χ1v) is 7.58. The molecule has 2 aromatic rings. The maximum absolute atomic E-state index is 12.4. The fourth-order valence-electron chi connectivity index (χ4n) is 2.72. The van der Waals surface area contributed by atoms with Crippen LogP contribution in [0.2, 0.25) is 0 Å². The minimum atomic E-state index is -0.00696. The van der Waals surface area contributed by atoms with Crippen molar-refractivity contribution in [3.8, 4) is 0 Å². The van der Waals surface area contributed by atoms with Crippen molar-refractivity contribution in [2.45, 2.75) is 13.1 Å². The number of amides is 1. The topological polar surface area (TPSA) is 49.3 Å². The molecule has 2 heterocycles. The van der Waals surface area contributed by atoms with E-state index in [4.69, 9.17) is 0 Å². The van der Waals surface area contributed by atoms with Gasteiger partial charge in [0.1, 0.15) is 5.69 Å². The third-order valence-electron chi connectivity index (χ3n) is 3.95. The third-order valence-corrected chi connectivity index (χ3v) is 3.95. The zero-order chi connectivity index (χ0) is 15.5. The normalized spacial score (nSPS) is 13.0. The molecule has 1 aliphatic rings. The number of hydrogen-bond acceptors (Lipinski definition) is 3. The largest absolute Gasteiger partial charge is 0.379 e. The van der Waals surface area contributed by atoms with Gasteiger partial charge in [-0.05, 0) is 37.9 Å². The minimum absolute atomic E-state index is 0.00696. The second kappa shape index (κ2) is 6.23. The zero-order valence-corrected chi connectivity index (χ0v) is 13.1. The van der Waals surface area contributed by atoms with Crippen molar-refractivity contribution < 1.29 is 4.79 Å². The van der Waals surface area contributed by atoms with Gasteiger partial charge in [0.25, 0.3) is 5.91 Å². The Morgan fingerprint density at radius 2 is 2.09 bits per heavy atom. The van der Waals surface area contributed by atoms with Gasteiger partial charge in [-0.3, -0.25) is 4.79 Å². The van der Waals surface area contributed by atoms with Crippen molar-refractivity contribution in [3.63, 3.8) is 0 Å². The van der Waals surface area contributed by atoms with Crippen molar-refractivity contribution in [3.05, 3.63) is 53.3 Å². The molecule has 0 atom stereocenters. The van der Waals surface area contributed by atoms with Gasteiger partial charge in [0, 0.05) is 24.5 Å². The van der Waals surface area contributed by atoms with Crippen LogP contribution in [-0.2, 0) is 13.1 Å². The first-order valence-electron chi connectivity index (χ1n) is 7.58. The Morgan fingerprint density at radius 1 is 1.27 bits per heavy atom. The van der Waals surface area contributed by atoms with E-state index in [-0.39, 0.29) is 5.91 Å². The minimum Gasteiger partial charge on any atom is -0.379 e. The fraction of sp³-hybridized carbons (Fsp3) is 0.353. The molecule has 1 aromatic carbocycles. The summed E-state index contributed by atoms with van der Waals surface area (Å²) in [6, 6.07) is 12.2. The SMILES string of the molecule is CN(C)CCNC(=O)c1ccc2n1Cc1ccccc1NC2. The summed E-state index contributed by atoms with van der Waals surface area (Å²) in [5, 5.41) is 6.42. The van der Waals surface area contributed by atoms with Crippen LogP contribution in [0.1, 0.15) is 21.7 Å². The van der Waals surface area contributed by atoms with Crippen LogP contribution in [0.3, 0.4) is 0 Å². The number of nitrogens with one attached hydrogen (secondary N) is 2. The molecule has 0 saturated carbocycles. The maximum atomic E-state index is 12.4. The van der Waals surface area contributed by atoms with Crippen molar-refractivity contribution in [1.82, 2.24) is 14.8 Å². The number of para-hydroxylation sites is 1. The average molecular weight is 298 g/mol. The summed E-state index contributed by atoms with van der Waals surface area (Å²) < 4.78 is 2.10. The second-order valence-electron chi connectivity index (χ2n) is 5.87. The van der Waals surface area contributed by atoms with Crippen LogP contribution in [0.25, 0.3) is 0 Å². The molecular formula is C17H22N4O. The number of anilines is 1. The van der Waals surface area contributed by atoms with E-state index in [9.17, 15) is 4.79 Å². The lowest BCUT2D eigenvalue weighted by Crippen LogP contribution is -2.32. The number of fused-ring (bicyclic) bond motifs is 2. The Bertz CT molecular complexity index is 675. The molecule has 0 fully saturated rings. The van der Waals surface area contributed by atoms with Crippen molar-refractivity contribution in [2.75, 3.05) is 32.5 Å². The van der Waals surface area contributed by atoms with Gasteiger partial charge in [-0.2, -0.15) is 0 Å². The number of likely N-dealkylation sites (N-methyl/N-ethyl adjacent to an activating group) is 1. The number of aromatic nitrogens is 1. The molecule has 22 heavy (non-hydrogen) atoms. The second-order valence-corrected chi connectivity index (χ2v) is 5.87. The van der Waals surface area contributed by atoms with Gasteiger partial charge in [-0.1, -0.05) is 18.2 Å². The van der Waals surface area contributed by atoms with Gasteiger partial charge in [0.05, 0.1) is 13.1 Å². The highest BCUT2D eigenvalue weighted by Gasteiger charge is 2.18. The highest BCUT2D eigenvalue weighted by atomic mass is 16.1. The molecule has 116 valence electrons. The molecule has 0 spiro atoms. The van der Waals surface area contributed by atoms with Crippen molar-refractivity contribution in [1.29, 1.82) is 0 Å². The van der Waals surface area contributed by atoms with E-state index in [1.54, 1.807) is 0 Å². The van der Waals surface area contributed by atoms with Crippen molar-refractivity contribution in [2.24, 2.45) is 0 Å². The molecule has 2 N–H and O–H groups in total. The van der Waals surface area contributed by atoms with E-state index in [1.807, 2.05) is 38.4 Å². The monoisotopic (exact) mass is 298 g/mol. The number of nitrogens with zero attached hydrogens (tertiary/aromatic N) is 2. The summed E-state index contributed by atoms with van der Waals surface area (Å²) >= 11 is 0. The van der Waals surface area contributed by atoms with E-state index >= 15 is 0 Å². The Morgan fingerprint density at radius 3 is 2.91 bits per heavy atom. The molecule has 0 saturated heterocycles. The molecule has 1 aromatic heterocycles. The highest BCUT2D eigenvalue weighted by molar-refractivity contribution is 5.93. The smallest absolute Gasteiger partial charge is 0.267 e. The Balaban J connectivity index is 1.79. The molecule has 0 radical (unpaired) electrons. The summed E-state index contributed by atoms with van der Waals surface area (Å²) in [5.74, 6) is -0.00696. The average Bonchev–Trinajstić information content (AvgIpc) is 2.80.